The minimum Gasteiger partial charge on any atom is -0.466 e. The molecule has 266 valence electrons. The molecule has 0 spiro atoms. The summed E-state index contributed by atoms with van der Waals surface area (Å²) in [5, 5.41) is 5.63. The fourth-order valence-electron chi connectivity index (χ4n) is 5.69. The Kier molecular flexibility index (Phi) is 13.0. The van der Waals surface area contributed by atoms with Crippen molar-refractivity contribution < 1.29 is 47.7 Å². The number of hydrogen-bond acceptors (Lipinski definition) is 11. The van der Waals surface area contributed by atoms with E-state index in [-0.39, 0.29) is 13.0 Å². The molecular formula is C37H42N2O10S. The SMILES string of the molecule is COC(=O)[C@@]1(Sc2ccc(C)cc2)C[C@H](OC(C)=O)[C@@H](NC(C)=O)[C@H]([C@H](C)[C@@H](CNC(=O)c2cccc(Oc3ccccc3)c2)OC(C)=O)O1. The summed E-state index contributed by atoms with van der Waals surface area (Å²) in [5.74, 6) is -2.66. The number of ether oxygens (including phenoxy) is 5. The summed E-state index contributed by atoms with van der Waals surface area (Å²) in [6, 6.07) is 22.1. The highest BCUT2D eigenvalue weighted by atomic mass is 32.2. The number of para-hydroxylation sites is 1. The van der Waals surface area contributed by atoms with E-state index in [1.54, 1.807) is 43.3 Å². The number of carbonyl (C=O) groups is 5. The molecule has 0 aliphatic carbocycles. The summed E-state index contributed by atoms with van der Waals surface area (Å²) in [4.78, 5) is 63.1. The summed E-state index contributed by atoms with van der Waals surface area (Å²) in [6.45, 7) is 7.22. The van der Waals surface area contributed by atoms with Crippen molar-refractivity contribution in [3.8, 4) is 11.5 Å². The van der Waals surface area contributed by atoms with E-state index in [1.165, 1.54) is 27.9 Å². The number of hydrogen-bond donors (Lipinski definition) is 2. The Morgan fingerprint density at radius 2 is 1.60 bits per heavy atom. The Balaban J connectivity index is 1.65. The Morgan fingerprint density at radius 3 is 2.22 bits per heavy atom. The minimum absolute atomic E-state index is 0.162. The molecule has 2 amide bonds. The van der Waals surface area contributed by atoms with E-state index in [2.05, 4.69) is 10.6 Å². The largest absolute Gasteiger partial charge is 0.466 e. The average molecular weight is 707 g/mol. The van der Waals surface area contributed by atoms with Gasteiger partial charge in [-0.15, -0.1) is 0 Å². The molecule has 4 rings (SSSR count). The number of esters is 3. The van der Waals surface area contributed by atoms with Crippen molar-refractivity contribution in [3.63, 3.8) is 0 Å². The van der Waals surface area contributed by atoms with Crippen LogP contribution in [0.15, 0.2) is 83.8 Å². The number of thioether (sulfide) groups is 1. The molecule has 13 heteroatoms. The number of carbonyl (C=O) groups excluding carboxylic acids is 5. The zero-order chi connectivity index (χ0) is 36.4. The molecule has 0 saturated carbocycles. The van der Waals surface area contributed by atoms with Gasteiger partial charge in [0.15, 0.2) is 0 Å². The first-order valence-electron chi connectivity index (χ1n) is 16.0. The van der Waals surface area contributed by atoms with E-state index in [9.17, 15) is 24.0 Å². The summed E-state index contributed by atoms with van der Waals surface area (Å²) in [5.41, 5.74) is 1.30. The van der Waals surface area contributed by atoms with Gasteiger partial charge in [0.25, 0.3) is 5.91 Å². The molecule has 3 aromatic carbocycles. The first kappa shape index (κ1) is 37.9. The van der Waals surface area contributed by atoms with Crippen LogP contribution in [-0.2, 0) is 38.1 Å². The highest BCUT2D eigenvalue weighted by Gasteiger charge is 2.57. The molecule has 1 fully saturated rings. The zero-order valence-electron chi connectivity index (χ0n) is 28.8. The lowest BCUT2D eigenvalue weighted by molar-refractivity contribution is -0.203. The number of benzene rings is 3. The van der Waals surface area contributed by atoms with Gasteiger partial charge >= 0.3 is 17.9 Å². The second-order valence-electron chi connectivity index (χ2n) is 12.0. The van der Waals surface area contributed by atoms with Crippen molar-refractivity contribution in [3.05, 3.63) is 90.0 Å². The molecule has 3 aromatic rings. The third-order valence-corrected chi connectivity index (χ3v) is 9.27. The quantitative estimate of drug-likeness (QED) is 0.183. The molecular weight excluding hydrogens is 664 g/mol. The summed E-state index contributed by atoms with van der Waals surface area (Å²) >= 11 is 1.08. The molecule has 0 aromatic heterocycles. The van der Waals surface area contributed by atoms with Gasteiger partial charge in [-0.1, -0.05) is 60.6 Å². The summed E-state index contributed by atoms with van der Waals surface area (Å²) in [7, 11) is 1.22. The Morgan fingerprint density at radius 1 is 0.920 bits per heavy atom. The van der Waals surface area contributed by atoms with Gasteiger partial charge in [0.2, 0.25) is 10.8 Å². The van der Waals surface area contributed by atoms with Gasteiger partial charge in [-0.2, -0.15) is 0 Å². The highest BCUT2D eigenvalue weighted by molar-refractivity contribution is 8.01. The van der Waals surface area contributed by atoms with Crippen molar-refractivity contribution in [1.29, 1.82) is 0 Å². The lowest BCUT2D eigenvalue weighted by Crippen LogP contribution is -2.65. The van der Waals surface area contributed by atoms with Crippen LogP contribution in [0.1, 0.15) is 50.0 Å². The van der Waals surface area contributed by atoms with Crippen LogP contribution in [0.4, 0.5) is 0 Å². The fraction of sp³-hybridized carbons (Fsp3) is 0.378. The number of nitrogens with one attached hydrogen (secondary N) is 2. The monoisotopic (exact) mass is 706 g/mol. The fourth-order valence-corrected chi connectivity index (χ4v) is 6.91. The van der Waals surface area contributed by atoms with E-state index < -0.39 is 64.9 Å². The number of methoxy groups -OCH3 is 1. The molecule has 0 unspecified atom stereocenters. The third kappa shape index (κ3) is 10.1. The van der Waals surface area contributed by atoms with Crippen LogP contribution in [-0.4, -0.2) is 72.7 Å². The van der Waals surface area contributed by atoms with Gasteiger partial charge in [-0.05, 0) is 49.4 Å². The van der Waals surface area contributed by atoms with Crippen molar-refractivity contribution in [2.45, 2.75) is 75.2 Å². The van der Waals surface area contributed by atoms with Crippen molar-refractivity contribution >= 4 is 41.5 Å². The van der Waals surface area contributed by atoms with Gasteiger partial charge in [0.1, 0.15) is 23.7 Å². The maximum absolute atomic E-state index is 13.6. The standard InChI is InChI=1S/C37H42N2O10S/c1-22-15-17-30(18-16-22)50-37(36(44)45-6)20-31(46-25(4)41)33(39-24(3)40)34(49-37)23(2)32(47-26(5)42)21-38-35(43)27-11-10-14-29(19-27)48-28-12-8-7-9-13-28/h7-19,23,31-34H,20-21H2,1-6H3,(H,38,43)(H,39,40)/t23-,31+,32-,33-,34+,37+/m1/s1. The van der Waals surface area contributed by atoms with Crippen LogP contribution in [0.5, 0.6) is 11.5 Å². The van der Waals surface area contributed by atoms with Gasteiger partial charge in [-0.25, -0.2) is 4.79 Å². The number of amides is 2. The van der Waals surface area contributed by atoms with E-state index in [0.29, 0.717) is 22.0 Å². The van der Waals surface area contributed by atoms with Gasteiger partial charge in [0, 0.05) is 43.6 Å². The van der Waals surface area contributed by atoms with Crippen molar-refractivity contribution in [2.75, 3.05) is 13.7 Å². The molecule has 12 nitrogen and oxygen atoms in total. The molecule has 1 aliphatic rings. The predicted octanol–water partition coefficient (Wildman–Crippen LogP) is 4.97. The maximum atomic E-state index is 13.6. The third-order valence-electron chi connectivity index (χ3n) is 8.00. The molecule has 6 atom stereocenters. The van der Waals surface area contributed by atoms with Gasteiger partial charge in [-0.3, -0.25) is 19.2 Å². The first-order chi connectivity index (χ1) is 23.8. The van der Waals surface area contributed by atoms with E-state index >= 15 is 0 Å². The van der Waals surface area contributed by atoms with Gasteiger partial charge < -0.3 is 34.3 Å². The molecule has 2 N–H and O–H groups in total. The topological polar surface area (TPSA) is 156 Å². The van der Waals surface area contributed by atoms with Crippen LogP contribution in [0.2, 0.25) is 0 Å². The van der Waals surface area contributed by atoms with Crippen molar-refractivity contribution in [1.82, 2.24) is 10.6 Å². The smallest absolute Gasteiger partial charge is 0.349 e. The van der Waals surface area contributed by atoms with Crippen LogP contribution in [0.3, 0.4) is 0 Å². The first-order valence-corrected chi connectivity index (χ1v) is 16.9. The van der Waals surface area contributed by atoms with E-state index in [1.807, 2.05) is 49.4 Å². The normalized spacial score (nSPS) is 21.1. The number of rotatable bonds is 13. The van der Waals surface area contributed by atoms with Gasteiger partial charge in [0.05, 0.1) is 25.8 Å². The van der Waals surface area contributed by atoms with Crippen LogP contribution in [0.25, 0.3) is 0 Å². The lowest BCUT2D eigenvalue weighted by atomic mass is 9.84. The zero-order valence-corrected chi connectivity index (χ0v) is 29.6. The van der Waals surface area contributed by atoms with E-state index in [0.717, 1.165) is 17.3 Å². The van der Waals surface area contributed by atoms with Crippen molar-refractivity contribution in [2.24, 2.45) is 5.92 Å². The Hall–Kier alpha value is -4.88. The average Bonchev–Trinajstić information content (AvgIpc) is 3.08. The maximum Gasteiger partial charge on any atom is 0.349 e. The van der Waals surface area contributed by atoms with Crippen LogP contribution < -0.4 is 15.4 Å². The molecule has 1 saturated heterocycles. The van der Waals surface area contributed by atoms with Crippen LogP contribution in [0, 0.1) is 12.8 Å². The Bertz CT molecular complexity index is 1670. The second-order valence-corrected chi connectivity index (χ2v) is 13.3. The summed E-state index contributed by atoms with van der Waals surface area (Å²) in [6.07, 6.45) is -3.31. The Labute approximate surface area is 295 Å². The van der Waals surface area contributed by atoms with E-state index in [4.69, 9.17) is 23.7 Å². The second kappa shape index (κ2) is 17.2. The predicted molar refractivity (Wildman–Crippen MR) is 184 cm³/mol. The molecule has 1 aliphatic heterocycles. The minimum atomic E-state index is -1.73. The molecule has 50 heavy (non-hydrogen) atoms. The molecule has 0 radical (unpaired) electrons. The summed E-state index contributed by atoms with van der Waals surface area (Å²) < 4.78 is 29.2. The molecule has 0 bridgehead atoms. The lowest BCUT2D eigenvalue weighted by Gasteiger charge is -2.48. The number of aryl methyl sites for hydroxylation is 1. The molecule has 1 heterocycles. The highest BCUT2D eigenvalue weighted by Crippen LogP contribution is 2.46. The van der Waals surface area contributed by atoms with Crippen LogP contribution >= 0.6 is 11.8 Å².